The summed E-state index contributed by atoms with van der Waals surface area (Å²) in [5.74, 6) is 1.66. The Morgan fingerprint density at radius 1 is 1.11 bits per heavy atom. The fraction of sp³-hybridized carbons (Fsp3) is 0.333. The first kappa shape index (κ1) is 18.0. The maximum Gasteiger partial charge on any atom is 0.258 e. The standard InChI is InChI=1S/C21H22ClN3O2/c1-14(2)26-19-9-8-17(12-18(19)22)20-23-21(27-24-20)16-6-4-15(5-7-16)13-25-10-3-11-25/h4-9,12,14H,3,10-11,13H2,1-2H3. The van der Waals surface area contributed by atoms with Gasteiger partial charge in [-0.1, -0.05) is 28.9 Å². The molecule has 0 spiro atoms. The van der Waals surface area contributed by atoms with Crippen LogP contribution in [0.3, 0.4) is 0 Å². The smallest absolute Gasteiger partial charge is 0.258 e. The van der Waals surface area contributed by atoms with Crippen molar-refractivity contribution < 1.29 is 9.26 Å². The van der Waals surface area contributed by atoms with Crippen LogP contribution in [0.25, 0.3) is 22.8 Å². The highest BCUT2D eigenvalue weighted by atomic mass is 35.5. The van der Waals surface area contributed by atoms with Crippen LogP contribution in [0, 0.1) is 0 Å². The van der Waals surface area contributed by atoms with Crippen LogP contribution in [0.1, 0.15) is 25.8 Å². The van der Waals surface area contributed by atoms with Crippen molar-refractivity contribution in [3.8, 4) is 28.6 Å². The number of nitrogens with zero attached hydrogens (tertiary/aromatic N) is 3. The lowest BCUT2D eigenvalue weighted by molar-refractivity contribution is 0.172. The number of hydrogen-bond acceptors (Lipinski definition) is 5. The van der Waals surface area contributed by atoms with Gasteiger partial charge in [0.05, 0.1) is 11.1 Å². The minimum atomic E-state index is 0.0641. The maximum atomic E-state index is 6.31. The summed E-state index contributed by atoms with van der Waals surface area (Å²) in [7, 11) is 0. The lowest BCUT2D eigenvalue weighted by atomic mass is 10.1. The van der Waals surface area contributed by atoms with Crippen molar-refractivity contribution in [3.63, 3.8) is 0 Å². The monoisotopic (exact) mass is 383 g/mol. The van der Waals surface area contributed by atoms with Gasteiger partial charge in [-0.2, -0.15) is 4.98 Å². The third-order valence-corrected chi connectivity index (χ3v) is 4.83. The van der Waals surface area contributed by atoms with E-state index in [0.29, 0.717) is 22.5 Å². The Morgan fingerprint density at radius 3 is 2.48 bits per heavy atom. The molecule has 0 radical (unpaired) electrons. The number of hydrogen-bond donors (Lipinski definition) is 0. The third kappa shape index (κ3) is 4.15. The fourth-order valence-electron chi connectivity index (χ4n) is 3.00. The first-order valence-corrected chi connectivity index (χ1v) is 9.58. The van der Waals surface area contributed by atoms with Crippen LogP contribution in [0.4, 0.5) is 0 Å². The molecule has 4 rings (SSSR count). The van der Waals surface area contributed by atoms with E-state index in [4.69, 9.17) is 20.9 Å². The van der Waals surface area contributed by atoms with Gasteiger partial charge in [0.2, 0.25) is 5.82 Å². The van der Waals surface area contributed by atoms with Gasteiger partial charge in [0.15, 0.2) is 0 Å². The van der Waals surface area contributed by atoms with Gasteiger partial charge >= 0.3 is 0 Å². The third-order valence-electron chi connectivity index (χ3n) is 4.53. The SMILES string of the molecule is CC(C)Oc1ccc(-c2noc(-c3ccc(CN4CCC4)cc3)n2)cc1Cl. The van der Waals surface area contributed by atoms with E-state index < -0.39 is 0 Å². The predicted octanol–water partition coefficient (Wildman–Crippen LogP) is 5.05. The molecule has 0 amide bonds. The summed E-state index contributed by atoms with van der Waals surface area (Å²) in [6.07, 6.45) is 1.37. The normalized spacial score (nSPS) is 14.4. The molecule has 0 unspecified atom stereocenters. The van der Waals surface area contributed by atoms with Gasteiger partial charge in [-0.3, -0.25) is 4.90 Å². The predicted molar refractivity (Wildman–Crippen MR) is 106 cm³/mol. The van der Waals surface area contributed by atoms with Crippen molar-refractivity contribution in [3.05, 3.63) is 53.1 Å². The Bertz CT molecular complexity index is 917. The van der Waals surface area contributed by atoms with Gasteiger partial charge in [-0.05, 0) is 69.3 Å². The molecule has 1 aromatic heterocycles. The lowest BCUT2D eigenvalue weighted by Gasteiger charge is -2.30. The van der Waals surface area contributed by atoms with Gasteiger partial charge in [0, 0.05) is 17.7 Å². The molecule has 140 valence electrons. The van der Waals surface area contributed by atoms with Crippen LogP contribution in [-0.4, -0.2) is 34.2 Å². The second kappa shape index (κ2) is 7.71. The number of rotatable bonds is 6. The van der Waals surface area contributed by atoms with Gasteiger partial charge in [-0.25, -0.2) is 0 Å². The minimum absolute atomic E-state index is 0.0641. The van der Waals surface area contributed by atoms with Gasteiger partial charge in [0.25, 0.3) is 5.89 Å². The molecule has 0 bridgehead atoms. The Morgan fingerprint density at radius 2 is 1.85 bits per heavy atom. The van der Waals surface area contributed by atoms with Crippen LogP contribution in [-0.2, 0) is 6.54 Å². The average Bonchev–Trinajstić information content (AvgIpc) is 3.10. The summed E-state index contributed by atoms with van der Waals surface area (Å²) in [4.78, 5) is 6.94. The van der Waals surface area contributed by atoms with E-state index in [1.165, 1.54) is 25.1 Å². The molecule has 5 nitrogen and oxygen atoms in total. The average molecular weight is 384 g/mol. The lowest BCUT2D eigenvalue weighted by Crippen LogP contribution is -2.36. The highest BCUT2D eigenvalue weighted by Crippen LogP contribution is 2.31. The van der Waals surface area contributed by atoms with Crippen molar-refractivity contribution in [1.82, 2.24) is 15.0 Å². The molecule has 0 atom stereocenters. The highest BCUT2D eigenvalue weighted by Gasteiger charge is 2.15. The minimum Gasteiger partial charge on any atom is -0.489 e. The first-order chi connectivity index (χ1) is 13.1. The van der Waals surface area contributed by atoms with E-state index in [1.807, 2.05) is 38.1 Å². The van der Waals surface area contributed by atoms with E-state index in [2.05, 4.69) is 27.2 Å². The zero-order valence-electron chi connectivity index (χ0n) is 15.5. The second-order valence-electron chi connectivity index (χ2n) is 7.06. The summed E-state index contributed by atoms with van der Waals surface area (Å²) >= 11 is 6.31. The maximum absolute atomic E-state index is 6.31. The van der Waals surface area contributed by atoms with E-state index in [1.54, 1.807) is 6.07 Å². The summed E-state index contributed by atoms with van der Waals surface area (Å²) in [6, 6.07) is 13.8. The zero-order chi connectivity index (χ0) is 18.8. The topological polar surface area (TPSA) is 51.4 Å². The summed E-state index contributed by atoms with van der Waals surface area (Å²) in [5, 5.41) is 4.62. The molecule has 3 aromatic rings. The molecule has 6 heteroatoms. The molecule has 2 aromatic carbocycles. The fourth-order valence-corrected chi connectivity index (χ4v) is 3.22. The van der Waals surface area contributed by atoms with Crippen LogP contribution in [0.5, 0.6) is 5.75 Å². The highest BCUT2D eigenvalue weighted by molar-refractivity contribution is 6.32. The van der Waals surface area contributed by atoms with Crippen molar-refractivity contribution in [2.24, 2.45) is 0 Å². The summed E-state index contributed by atoms with van der Waals surface area (Å²) < 4.78 is 11.1. The first-order valence-electron chi connectivity index (χ1n) is 9.20. The number of ether oxygens (including phenoxy) is 1. The second-order valence-corrected chi connectivity index (χ2v) is 7.47. The van der Waals surface area contributed by atoms with Crippen LogP contribution < -0.4 is 4.74 Å². The number of benzene rings is 2. The van der Waals surface area contributed by atoms with Crippen molar-refractivity contribution in [2.75, 3.05) is 13.1 Å². The molecular weight excluding hydrogens is 362 g/mol. The largest absolute Gasteiger partial charge is 0.489 e. The van der Waals surface area contributed by atoms with Gasteiger partial charge in [0.1, 0.15) is 5.75 Å². The molecular formula is C21H22ClN3O2. The Kier molecular flexibility index (Phi) is 5.14. The van der Waals surface area contributed by atoms with E-state index >= 15 is 0 Å². The Balaban J connectivity index is 1.50. The van der Waals surface area contributed by atoms with Crippen molar-refractivity contribution >= 4 is 11.6 Å². The Hall–Kier alpha value is -2.37. The molecule has 2 heterocycles. The quantitative estimate of drug-likeness (QED) is 0.596. The summed E-state index contributed by atoms with van der Waals surface area (Å²) in [5.41, 5.74) is 3.00. The van der Waals surface area contributed by atoms with E-state index in [0.717, 1.165) is 17.7 Å². The number of halogens is 1. The molecule has 27 heavy (non-hydrogen) atoms. The van der Waals surface area contributed by atoms with Crippen molar-refractivity contribution in [2.45, 2.75) is 32.9 Å². The summed E-state index contributed by atoms with van der Waals surface area (Å²) in [6.45, 7) is 7.31. The van der Waals surface area contributed by atoms with Crippen LogP contribution in [0.15, 0.2) is 47.0 Å². The molecule has 0 N–H and O–H groups in total. The molecule has 1 aliphatic rings. The van der Waals surface area contributed by atoms with Crippen molar-refractivity contribution in [1.29, 1.82) is 0 Å². The zero-order valence-corrected chi connectivity index (χ0v) is 16.2. The molecule has 1 saturated heterocycles. The molecule has 1 fully saturated rings. The Labute approximate surface area is 163 Å². The molecule has 1 aliphatic heterocycles. The van der Waals surface area contributed by atoms with Gasteiger partial charge in [-0.15, -0.1) is 0 Å². The van der Waals surface area contributed by atoms with Crippen LogP contribution >= 0.6 is 11.6 Å². The van der Waals surface area contributed by atoms with Crippen LogP contribution in [0.2, 0.25) is 5.02 Å². The van der Waals surface area contributed by atoms with E-state index in [-0.39, 0.29) is 6.10 Å². The number of aromatic nitrogens is 2. The molecule has 0 aliphatic carbocycles. The molecule has 0 saturated carbocycles. The van der Waals surface area contributed by atoms with Gasteiger partial charge < -0.3 is 9.26 Å². The number of likely N-dealkylation sites (tertiary alicyclic amines) is 1. The van der Waals surface area contributed by atoms with E-state index in [9.17, 15) is 0 Å².